The van der Waals surface area contributed by atoms with Crippen LogP contribution in [0.15, 0.2) is 30.7 Å². The highest BCUT2D eigenvalue weighted by atomic mass is 16.5. The molecule has 1 atom stereocenters. The summed E-state index contributed by atoms with van der Waals surface area (Å²) in [6.07, 6.45) is 8.68. The summed E-state index contributed by atoms with van der Waals surface area (Å²) < 4.78 is 7.39. The third-order valence-corrected chi connectivity index (χ3v) is 5.02. The maximum Gasteiger partial charge on any atom is 0.254 e. The summed E-state index contributed by atoms with van der Waals surface area (Å²) in [5.74, 6) is 1.87. The maximum absolute atomic E-state index is 12.9. The Morgan fingerprint density at radius 2 is 2.19 bits per heavy atom. The van der Waals surface area contributed by atoms with Crippen LogP contribution in [0.3, 0.4) is 0 Å². The second-order valence-electron chi connectivity index (χ2n) is 7.31. The van der Waals surface area contributed by atoms with Crippen molar-refractivity contribution in [1.29, 1.82) is 0 Å². The van der Waals surface area contributed by atoms with Gasteiger partial charge in [-0.15, -0.1) is 0 Å². The van der Waals surface area contributed by atoms with E-state index < -0.39 is 0 Å². The molecule has 0 radical (unpaired) electrons. The quantitative estimate of drug-likeness (QED) is 0.747. The van der Waals surface area contributed by atoms with E-state index in [1.54, 1.807) is 25.4 Å². The van der Waals surface area contributed by atoms with E-state index >= 15 is 0 Å². The molecule has 2 aromatic rings. The molecule has 1 aliphatic heterocycles. The van der Waals surface area contributed by atoms with Gasteiger partial charge in [-0.05, 0) is 46.0 Å². The van der Waals surface area contributed by atoms with E-state index in [1.165, 1.54) is 0 Å². The fourth-order valence-corrected chi connectivity index (χ4v) is 3.64. The number of nitrogens with zero attached hydrogens (tertiary/aromatic N) is 5. The highest BCUT2D eigenvalue weighted by Gasteiger charge is 2.28. The smallest absolute Gasteiger partial charge is 0.254 e. The summed E-state index contributed by atoms with van der Waals surface area (Å²) in [6.45, 7) is 3.49. The first-order valence-corrected chi connectivity index (χ1v) is 9.53. The Morgan fingerprint density at radius 1 is 1.33 bits per heavy atom. The minimum atomic E-state index is 0.0334. The Bertz CT molecular complexity index is 758. The summed E-state index contributed by atoms with van der Waals surface area (Å²) in [7, 11) is 5.74. The van der Waals surface area contributed by atoms with Crippen molar-refractivity contribution in [1.82, 2.24) is 24.3 Å². The van der Waals surface area contributed by atoms with E-state index in [0.717, 1.165) is 44.7 Å². The number of piperidine rings is 1. The number of likely N-dealkylation sites (tertiary alicyclic amines) is 1. The largest absolute Gasteiger partial charge is 0.481 e. The third-order valence-electron chi connectivity index (χ3n) is 5.02. The first-order valence-electron chi connectivity index (χ1n) is 9.53. The van der Waals surface area contributed by atoms with Gasteiger partial charge in [0.05, 0.1) is 7.11 Å². The molecule has 27 heavy (non-hydrogen) atoms. The van der Waals surface area contributed by atoms with Gasteiger partial charge in [0.15, 0.2) is 0 Å². The van der Waals surface area contributed by atoms with Gasteiger partial charge in [-0.1, -0.05) is 0 Å². The summed E-state index contributed by atoms with van der Waals surface area (Å²) in [4.78, 5) is 25.7. The third kappa shape index (κ3) is 4.86. The molecular weight excluding hydrogens is 342 g/mol. The normalized spacial score (nSPS) is 17.3. The van der Waals surface area contributed by atoms with Crippen LogP contribution in [-0.4, -0.2) is 71.1 Å². The number of imidazole rings is 1. The van der Waals surface area contributed by atoms with E-state index in [1.807, 2.05) is 11.1 Å². The summed E-state index contributed by atoms with van der Waals surface area (Å²) in [6, 6.07) is 3.45. The Balaban J connectivity index is 1.67. The summed E-state index contributed by atoms with van der Waals surface area (Å²) >= 11 is 0. The molecule has 146 valence electrons. The second kappa shape index (κ2) is 8.99. The fraction of sp³-hybridized carbons (Fsp3) is 0.550. The highest BCUT2D eigenvalue weighted by Crippen LogP contribution is 2.27. The predicted octanol–water partition coefficient (Wildman–Crippen LogP) is 2.26. The summed E-state index contributed by atoms with van der Waals surface area (Å²) in [5.41, 5.74) is 0.622. The van der Waals surface area contributed by atoms with Crippen molar-refractivity contribution < 1.29 is 9.53 Å². The Kier molecular flexibility index (Phi) is 6.45. The number of aryl methyl sites for hydroxylation is 1. The van der Waals surface area contributed by atoms with Crippen molar-refractivity contribution in [3.05, 3.63) is 42.1 Å². The van der Waals surface area contributed by atoms with Crippen LogP contribution in [0.25, 0.3) is 0 Å². The average Bonchev–Trinajstić information content (AvgIpc) is 3.16. The molecule has 3 rings (SSSR count). The van der Waals surface area contributed by atoms with E-state index in [0.29, 0.717) is 18.0 Å². The molecule has 0 aromatic carbocycles. The highest BCUT2D eigenvalue weighted by molar-refractivity contribution is 5.94. The van der Waals surface area contributed by atoms with Crippen LogP contribution >= 0.6 is 0 Å². The van der Waals surface area contributed by atoms with Crippen LogP contribution in [0.1, 0.15) is 41.4 Å². The Labute approximate surface area is 161 Å². The summed E-state index contributed by atoms with van der Waals surface area (Å²) in [5, 5.41) is 0. The van der Waals surface area contributed by atoms with Crippen LogP contribution in [0.5, 0.6) is 5.88 Å². The van der Waals surface area contributed by atoms with Crippen molar-refractivity contribution in [3.8, 4) is 5.88 Å². The number of pyridine rings is 1. The van der Waals surface area contributed by atoms with Crippen LogP contribution in [0.2, 0.25) is 0 Å². The van der Waals surface area contributed by atoms with Gasteiger partial charge >= 0.3 is 0 Å². The molecule has 0 aliphatic carbocycles. The SMILES string of the molecule is COc1cc(C(=O)N2CCC[C@@H](c3nccn3CCCN(C)C)C2)ccn1. The van der Waals surface area contributed by atoms with Crippen molar-refractivity contribution in [2.45, 2.75) is 31.7 Å². The van der Waals surface area contributed by atoms with Gasteiger partial charge in [-0.3, -0.25) is 4.79 Å². The zero-order valence-electron chi connectivity index (χ0n) is 16.5. The monoisotopic (exact) mass is 371 g/mol. The van der Waals surface area contributed by atoms with Gasteiger partial charge in [-0.25, -0.2) is 9.97 Å². The number of aromatic nitrogens is 3. The number of ether oxygens (including phenoxy) is 1. The first kappa shape index (κ1) is 19.4. The van der Waals surface area contributed by atoms with E-state index in [-0.39, 0.29) is 11.8 Å². The van der Waals surface area contributed by atoms with Gasteiger partial charge in [-0.2, -0.15) is 0 Å². The zero-order valence-corrected chi connectivity index (χ0v) is 16.5. The lowest BCUT2D eigenvalue weighted by Crippen LogP contribution is -2.39. The molecule has 7 nitrogen and oxygen atoms in total. The van der Waals surface area contributed by atoms with E-state index in [9.17, 15) is 4.79 Å². The van der Waals surface area contributed by atoms with Crippen LogP contribution < -0.4 is 4.74 Å². The maximum atomic E-state index is 12.9. The van der Waals surface area contributed by atoms with E-state index in [2.05, 4.69) is 39.7 Å². The zero-order chi connectivity index (χ0) is 19.2. The fourth-order valence-electron chi connectivity index (χ4n) is 3.64. The molecule has 0 bridgehead atoms. The number of hydrogen-bond acceptors (Lipinski definition) is 5. The van der Waals surface area contributed by atoms with Crippen molar-refractivity contribution >= 4 is 5.91 Å². The van der Waals surface area contributed by atoms with Crippen LogP contribution in [0.4, 0.5) is 0 Å². The Morgan fingerprint density at radius 3 is 2.96 bits per heavy atom. The lowest BCUT2D eigenvalue weighted by molar-refractivity contribution is 0.0702. The molecule has 0 unspecified atom stereocenters. The molecule has 3 heterocycles. The number of rotatable bonds is 7. The molecule has 1 saturated heterocycles. The molecule has 1 fully saturated rings. The minimum absolute atomic E-state index is 0.0334. The molecule has 0 spiro atoms. The Hall–Kier alpha value is -2.41. The average molecular weight is 371 g/mol. The lowest BCUT2D eigenvalue weighted by Gasteiger charge is -2.33. The number of amides is 1. The van der Waals surface area contributed by atoms with E-state index in [4.69, 9.17) is 4.74 Å². The lowest BCUT2D eigenvalue weighted by atomic mass is 9.96. The van der Waals surface area contributed by atoms with Gasteiger partial charge in [0.2, 0.25) is 5.88 Å². The van der Waals surface area contributed by atoms with Crippen molar-refractivity contribution in [3.63, 3.8) is 0 Å². The van der Waals surface area contributed by atoms with Gasteiger partial charge in [0, 0.05) is 55.8 Å². The van der Waals surface area contributed by atoms with Crippen molar-refractivity contribution in [2.75, 3.05) is 40.8 Å². The predicted molar refractivity (Wildman–Crippen MR) is 104 cm³/mol. The van der Waals surface area contributed by atoms with Crippen molar-refractivity contribution in [2.24, 2.45) is 0 Å². The molecule has 1 aliphatic rings. The topological polar surface area (TPSA) is 63.5 Å². The molecule has 1 amide bonds. The second-order valence-corrected chi connectivity index (χ2v) is 7.31. The molecular formula is C20H29N5O2. The van der Waals surface area contributed by atoms with Crippen LogP contribution in [0, 0.1) is 0 Å². The van der Waals surface area contributed by atoms with Gasteiger partial charge in [0.25, 0.3) is 5.91 Å². The standard InChI is InChI=1S/C20H29N5O2/c1-23(2)10-5-12-24-13-9-22-19(24)17-6-4-11-25(15-17)20(26)16-7-8-21-18(14-16)27-3/h7-9,13-14,17H,4-6,10-12,15H2,1-3H3/t17-/m1/s1. The number of methoxy groups -OCH3 is 1. The molecule has 7 heteroatoms. The minimum Gasteiger partial charge on any atom is -0.481 e. The number of carbonyl (C=O) groups excluding carboxylic acids is 1. The molecule has 0 N–H and O–H groups in total. The number of hydrogen-bond donors (Lipinski definition) is 0. The molecule has 0 saturated carbocycles. The number of carbonyl (C=O) groups is 1. The first-order chi connectivity index (χ1) is 13.1. The van der Waals surface area contributed by atoms with Gasteiger partial charge < -0.3 is 19.1 Å². The molecule has 2 aromatic heterocycles. The van der Waals surface area contributed by atoms with Crippen LogP contribution in [-0.2, 0) is 6.54 Å². The van der Waals surface area contributed by atoms with Gasteiger partial charge in [0.1, 0.15) is 5.82 Å².